The van der Waals surface area contributed by atoms with E-state index in [0.29, 0.717) is 0 Å². The van der Waals surface area contributed by atoms with Gasteiger partial charge in [0.2, 0.25) is 0 Å². The summed E-state index contributed by atoms with van der Waals surface area (Å²) >= 11 is 1.86. The van der Waals surface area contributed by atoms with Crippen LogP contribution in [0, 0.1) is 12.3 Å². The van der Waals surface area contributed by atoms with Crippen LogP contribution in [-0.4, -0.2) is 5.75 Å². The summed E-state index contributed by atoms with van der Waals surface area (Å²) in [7, 11) is 0. The van der Waals surface area contributed by atoms with Crippen LogP contribution in [0.2, 0.25) is 0 Å². The molecule has 0 aliphatic rings. The predicted octanol–water partition coefficient (Wildman–Crippen LogP) is 3.19. The van der Waals surface area contributed by atoms with Crippen LogP contribution in [0.4, 0.5) is 0 Å². The Morgan fingerprint density at radius 2 is 2.00 bits per heavy atom. The number of benzene rings is 1. The fraction of sp³-hybridized carbons (Fsp3) is 0.273. The van der Waals surface area contributed by atoms with Crippen LogP contribution >= 0.6 is 11.8 Å². The molecule has 0 nitrogen and oxygen atoms in total. The third-order valence-electron chi connectivity index (χ3n) is 1.48. The quantitative estimate of drug-likeness (QED) is 0.386. The Balaban J connectivity index is 2.21. The van der Waals surface area contributed by atoms with E-state index in [1.165, 1.54) is 4.90 Å². The van der Waals surface area contributed by atoms with E-state index in [-0.39, 0.29) is 0 Å². The molecule has 1 heteroatoms. The van der Waals surface area contributed by atoms with E-state index in [4.69, 9.17) is 6.42 Å². The summed E-state index contributed by atoms with van der Waals surface area (Å²) in [5.74, 6) is 3.76. The van der Waals surface area contributed by atoms with Crippen molar-refractivity contribution in [3.05, 3.63) is 30.3 Å². The van der Waals surface area contributed by atoms with Crippen molar-refractivity contribution in [2.75, 3.05) is 5.75 Å². The standard InChI is InChI=1S/C11H12S/c1-2-3-7-10-12-11-8-5-4-6-9-11/h1,4-6,8-9H,3,7,10H2. The van der Waals surface area contributed by atoms with Crippen molar-refractivity contribution in [2.45, 2.75) is 17.7 Å². The number of rotatable bonds is 4. The third kappa shape index (κ3) is 3.50. The lowest BCUT2D eigenvalue weighted by molar-refractivity contribution is 0.997. The smallest absolute Gasteiger partial charge is 0.00940 e. The molecule has 0 heterocycles. The van der Waals surface area contributed by atoms with Crippen LogP contribution in [0.3, 0.4) is 0 Å². The van der Waals surface area contributed by atoms with Crippen molar-refractivity contribution < 1.29 is 0 Å². The van der Waals surface area contributed by atoms with Crippen LogP contribution in [0.25, 0.3) is 0 Å². The summed E-state index contributed by atoms with van der Waals surface area (Å²) in [4.78, 5) is 1.33. The van der Waals surface area contributed by atoms with Gasteiger partial charge in [-0.1, -0.05) is 18.2 Å². The van der Waals surface area contributed by atoms with Gasteiger partial charge in [-0.25, -0.2) is 0 Å². The minimum absolute atomic E-state index is 0.889. The molecule has 0 saturated carbocycles. The van der Waals surface area contributed by atoms with Crippen LogP contribution in [0.5, 0.6) is 0 Å². The Hall–Kier alpha value is -0.870. The fourth-order valence-corrected chi connectivity index (χ4v) is 1.75. The lowest BCUT2D eigenvalue weighted by atomic mass is 10.4. The van der Waals surface area contributed by atoms with Gasteiger partial charge >= 0.3 is 0 Å². The molecular formula is C11H12S. The van der Waals surface area contributed by atoms with Crippen molar-refractivity contribution in [2.24, 2.45) is 0 Å². The van der Waals surface area contributed by atoms with E-state index in [2.05, 4.69) is 30.2 Å². The van der Waals surface area contributed by atoms with Crippen molar-refractivity contribution in [1.29, 1.82) is 0 Å². The van der Waals surface area contributed by atoms with Crippen molar-refractivity contribution in [3.63, 3.8) is 0 Å². The van der Waals surface area contributed by atoms with E-state index in [1.54, 1.807) is 0 Å². The topological polar surface area (TPSA) is 0 Å². The van der Waals surface area contributed by atoms with E-state index >= 15 is 0 Å². The Labute approximate surface area is 78.4 Å². The second-order valence-corrected chi connectivity index (χ2v) is 3.64. The molecule has 12 heavy (non-hydrogen) atoms. The highest BCUT2D eigenvalue weighted by atomic mass is 32.2. The van der Waals surface area contributed by atoms with E-state index in [0.717, 1.165) is 18.6 Å². The maximum absolute atomic E-state index is 5.15. The molecule has 0 aliphatic heterocycles. The van der Waals surface area contributed by atoms with Crippen LogP contribution in [-0.2, 0) is 0 Å². The molecule has 0 radical (unpaired) electrons. The van der Waals surface area contributed by atoms with Gasteiger partial charge in [-0.15, -0.1) is 24.1 Å². The predicted molar refractivity (Wildman–Crippen MR) is 55.2 cm³/mol. The second-order valence-electron chi connectivity index (χ2n) is 2.47. The van der Waals surface area contributed by atoms with Gasteiger partial charge in [0.1, 0.15) is 0 Å². The molecule has 0 spiro atoms. The number of hydrogen-bond acceptors (Lipinski definition) is 1. The lowest BCUT2D eigenvalue weighted by Crippen LogP contribution is -1.77. The Bertz CT molecular complexity index is 245. The monoisotopic (exact) mass is 176 g/mol. The SMILES string of the molecule is C#CCCCSc1ccccc1. The summed E-state index contributed by atoms with van der Waals surface area (Å²) in [6.45, 7) is 0. The molecule has 0 atom stereocenters. The summed E-state index contributed by atoms with van der Waals surface area (Å²) in [6, 6.07) is 10.4. The maximum atomic E-state index is 5.15. The zero-order valence-electron chi connectivity index (χ0n) is 6.99. The largest absolute Gasteiger partial charge is 0.126 e. The zero-order valence-corrected chi connectivity index (χ0v) is 7.81. The third-order valence-corrected chi connectivity index (χ3v) is 2.58. The van der Waals surface area contributed by atoms with E-state index in [9.17, 15) is 0 Å². The first-order valence-electron chi connectivity index (χ1n) is 4.05. The minimum Gasteiger partial charge on any atom is -0.126 e. The number of hydrogen-bond donors (Lipinski definition) is 0. The van der Waals surface area contributed by atoms with Crippen LogP contribution < -0.4 is 0 Å². The Morgan fingerprint density at radius 1 is 1.25 bits per heavy atom. The van der Waals surface area contributed by atoms with Crippen LogP contribution in [0.15, 0.2) is 35.2 Å². The second kappa shape index (κ2) is 5.74. The molecular weight excluding hydrogens is 164 g/mol. The molecule has 0 unspecified atom stereocenters. The average molecular weight is 176 g/mol. The van der Waals surface area contributed by atoms with Gasteiger partial charge in [-0.05, 0) is 24.3 Å². The molecule has 1 aromatic rings. The molecule has 0 aliphatic carbocycles. The first kappa shape index (κ1) is 9.22. The number of unbranched alkanes of at least 4 members (excludes halogenated alkanes) is 1. The molecule has 1 rings (SSSR count). The normalized spacial score (nSPS) is 9.25. The van der Waals surface area contributed by atoms with Crippen LogP contribution in [0.1, 0.15) is 12.8 Å². The Morgan fingerprint density at radius 3 is 2.67 bits per heavy atom. The van der Waals surface area contributed by atoms with Gasteiger partial charge < -0.3 is 0 Å². The summed E-state index contributed by atoms with van der Waals surface area (Å²) in [5.41, 5.74) is 0. The Kier molecular flexibility index (Phi) is 4.41. The average Bonchev–Trinajstić information content (AvgIpc) is 2.14. The first-order chi connectivity index (χ1) is 5.93. The lowest BCUT2D eigenvalue weighted by Gasteiger charge is -1.97. The number of terminal acetylenes is 1. The molecule has 0 N–H and O–H groups in total. The minimum atomic E-state index is 0.889. The molecule has 0 bridgehead atoms. The molecule has 0 fully saturated rings. The van der Waals surface area contributed by atoms with Gasteiger partial charge in [-0.2, -0.15) is 0 Å². The molecule has 0 aromatic heterocycles. The maximum Gasteiger partial charge on any atom is 0.00940 e. The molecule has 1 aromatic carbocycles. The highest BCUT2D eigenvalue weighted by Crippen LogP contribution is 2.17. The molecule has 0 saturated heterocycles. The van der Waals surface area contributed by atoms with Gasteiger partial charge in [0.05, 0.1) is 0 Å². The highest BCUT2D eigenvalue weighted by Gasteiger charge is 1.90. The van der Waals surface area contributed by atoms with Crippen molar-refractivity contribution in [3.8, 4) is 12.3 Å². The summed E-state index contributed by atoms with van der Waals surface area (Å²) in [5, 5.41) is 0. The number of thioether (sulfide) groups is 1. The summed E-state index contributed by atoms with van der Waals surface area (Å²) in [6.07, 6.45) is 7.14. The van der Waals surface area contributed by atoms with Crippen molar-refractivity contribution >= 4 is 11.8 Å². The van der Waals surface area contributed by atoms with Gasteiger partial charge in [0.25, 0.3) is 0 Å². The first-order valence-corrected chi connectivity index (χ1v) is 5.03. The fourth-order valence-electron chi connectivity index (χ4n) is 0.881. The van der Waals surface area contributed by atoms with Crippen molar-refractivity contribution in [1.82, 2.24) is 0 Å². The van der Waals surface area contributed by atoms with Gasteiger partial charge in [-0.3, -0.25) is 0 Å². The highest BCUT2D eigenvalue weighted by molar-refractivity contribution is 7.99. The van der Waals surface area contributed by atoms with Gasteiger partial charge in [0, 0.05) is 11.3 Å². The zero-order chi connectivity index (χ0) is 8.65. The van der Waals surface area contributed by atoms with E-state index < -0.39 is 0 Å². The molecule has 62 valence electrons. The van der Waals surface area contributed by atoms with Gasteiger partial charge in [0.15, 0.2) is 0 Å². The van der Waals surface area contributed by atoms with E-state index in [1.807, 2.05) is 17.8 Å². The summed E-state index contributed by atoms with van der Waals surface area (Å²) < 4.78 is 0. The molecule has 0 amide bonds.